The second-order valence-electron chi connectivity index (χ2n) is 7.51. The monoisotopic (exact) mass is 322 g/mol. The zero-order valence-corrected chi connectivity index (χ0v) is 14.8. The van der Waals surface area contributed by atoms with Gasteiger partial charge in [-0.05, 0) is 64.0 Å². The molecule has 0 bridgehead atoms. The predicted molar refractivity (Wildman–Crippen MR) is 89.3 cm³/mol. The van der Waals surface area contributed by atoms with Crippen LogP contribution in [0.2, 0.25) is 0 Å². The van der Waals surface area contributed by atoms with Gasteiger partial charge in [-0.1, -0.05) is 0 Å². The molecule has 0 aliphatic carbocycles. The zero-order valence-electron chi connectivity index (χ0n) is 13.9. The number of nitrogens with zero attached hydrogens (tertiary/aromatic N) is 1. The summed E-state index contributed by atoms with van der Waals surface area (Å²) in [4.78, 5) is 15.7. The van der Waals surface area contributed by atoms with E-state index in [-0.39, 0.29) is 17.7 Å². The Balaban J connectivity index is 1.75. The van der Waals surface area contributed by atoms with Crippen LogP contribution in [0.25, 0.3) is 0 Å². The molecule has 3 rings (SSSR count). The predicted octanol–water partition coefficient (Wildman–Crippen LogP) is 3.51. The van der Waals surface area contributed by atoms with E-state index >= 15 is 0 Å². The largest absolute Gasteiger partial charge is 0.444 e. The quantitative estimate of drug-likeness (QED) is 0.795. The van der Waals surface area contributed by atoms with Crippen LogP contribution in [-0.4, -0.2) is 35.7 Å². The van der Waals surface area contributed by atoms with E-state index in [1.54, 1.807) is 0 Å². The zero-order chi connectivity index (χ0) is 16.0. The summed E-state index contributed by atoms with van der Waals surface area (Å²) in [6, 6.07) is 2.44. The summed E-state index contributed by atoms with van der Waals surface area (Å²) >= 11 is 1.86. The van der Waals surface area contributed by atoms with Crippen LogP contribution in [-0.2, 0) is 16.7 Å². The molecule has 3 heterocycles. The summed E-state index contributed by atoms with van der Waals surface area (Å²) in [6.45, 7) is 9.67. The van der Waals surface area contributed by atoms with E-state index in [0.717, 1.165) is 32.4 Å². The highest BCUT2D eigenvalue weighted by Gasteiger charge is 2.44. The molecule has 4 nitrogen and oxygen atoms in total. The summed E-state index contributed by atoms with van der Waals surface area (Å²) in [5.74, 6) is 0. The molecule has 1 amide bonds. The first-order valence-corrected chi connectivity index (χ1v) is 9.00. The molecule has 1 aromatic rings. The summed E-state index contributed by atoms with van der Waals surface area (Å²) in [5, 5.41) is 5.95. The van der Waals surface area contributed by atoms with Crippen molar-refractivity contribution in [3.05, 3.63) is 21.9 Å². The van der Waals surface area contributed by atoms with Gasteiger partial charge >= 0.3 is 6.09 Å². The van der Waals surface area contributed by atoms with Crippen molar-refractivity contribution >= 4 is 17.4 Å². The van der Waals surface area contributed by atoms with Crippen molar-refractivity contribution in [2.24, 2.45) is 0 Å². The van der Waals surface area contributed by atoms with Crippen molar-refractivity contribution in [3.8, 4) is 0 Å². The number of piperidine rings is 1. The van der Waals surface area contributed by atoms with Crippen LogP contribution < -0.4 is 5.32 Å². The average Bonchev–Trinajstić information content (AvgIpc) is 2.86. The lowest BCUT2D eigenvalue weighted by molar-refractivity contribution is 0.000835. The number of amides is 1. The Labute approximate surface area is 136 Å². The summed E-state index contributed by atoms with van der Waals surface area (Å²) in [5.41, 5.74) is 1.11. The van der Waals surface area contributed by atoms with Crippen molar-refractivity contribution in [2.45, 2.75) is 64.1 Å². The number of hydrogen-bond donors (Lipinski definition) is 1. The van der Waals surface area contributed by atoms with E-state index in [9.17, 15) is 4.79 Å². The van der Waals surface area contributed by atoms with E-state index in [2.05, 4.69) is 23.7 Å². The molecule has 122 valence electrons. The van der Waals surface area contributed by atoms with Gasteiger partial charge in [0.25, 0.3) is 0 Å². The van der Waals surface area contributed by atoms with Crippen molar-refractivity contribution in [3.63, 3.8) is 0 Å². The fraction of sp³-hybridized carbons (Fsp3) is 0.706. The Hall–Kier alpha value is -1.07. The number of rotatable bonds is 0. The minimum Gasteiger partial charge on any atom is -0.444 e. The minimum atomic E-state index is -0.435. The standard InChI is InChI=1S/C17H26N2O2S/c1-12-11-17(14-13(5-8-18-17)6-10-22-14)7-9-19(12)15(20)21-16(2,3)4/h6,10,12,18H,5,7-9,11H2,1-4H3. The third kappa shape index (κ3) is 2.88. The molecule has 0 saturated carbocycles. The SMILES string of the molecule is CC1CC2(CCN1C(=O)OC(C)(C)C)NCCc1ccsc12. The molecule has 0 aromatic carbocycles. The Kier molecular flexibility index (Phi) is 3.98. The fourth-order valence-electron chi connectivity index (χ4n) is 3.68. The minimum absolute atomic E-state index is 0.0552. The van der Waals surface area contributed by atoms with Crippen molar-refractivity contribution in [1.82, 2.24) is 10.2 Å². The molecule has 1 aromatic heterocycles. The van der Waals surface area contributed by atoms with Gasteiger partial charge in [-0.3, -0.25) is 0 Å². The first kappa shape index (κ1) is 15.8. The van der Waals surface area contributed by atoms with Crippen molar-refractivity contribution in [2.75, 3.05) is 13.1 Å². The van der Waals surface area contributed by atoms with Gasteiger partial charge in [0.05, 0.1) is 5.54 Å². The molecule has 2 aliphatic heterocycles. The molecule has 1 N–H and O–H groups in total. The number of fused-ring (bicyclic) bond motifs is 2. The smallest absolute Gasteiger partial charge is 0.410 e. The van der Waals surface area contributed by atoms with Crippen molar-refractivity contribution in [1.29, 1.82) is 0 Å². The van der Waals surface area contributed by atoms with Gasteiger partial charge < -0.3 is 15.0 Å². The van der Waals surface area contributed by atoms with E-state index in [4.69, 9.17) is 4.74 Å². The maximum absolute atomic E-state index is 12.4. The Morgan fingerprint density at radius 1 is 1.50 bits per heavy atom. The lowest BCUT2D eigenvalue weighted by Crippen LogP contribution is -2.58. The van der Waals surface area contributed by atoms with Gasteiger partial charge in [-0.15, -0.1) is 11.3 Å². The fourth-order valence-corrected chi connectivity index (χ4v) is 4.85. The highest BCUT2D eigenvalue weighted by Crippen LogP contribution is 2.42. The van der Waals surface area contributed by atoms with E-state index in [1.807, 2.05) is 37.0 Å². The molecule has 5 heteroatoms. The number of carbonyl (C=O) groups is 1. The molecule has 2 aliphatic rings. The lowest BCUT2D eigenvalue weighted by Gasteiger charge is -2.47. The van der Waals surface area contributed by atoms with Crippen LogP contribution in [0.3, 0.4) is 0 Å². The topological polar surface area (TPSA) is 41.6 Å². The molecule has 1 saturated heterocycles. The van der Waals surface area contributed by atoms with Crippen LogP contribution >= 0.6 is 11.3 Å². The van der Waals surface area contributed by atoms with Crippen molar-refractivity contribution < 1.29 is 9.53 Å². The number of ether oxygens (including phenoxy) is 1. The Morgan fingerprint density at radius 3 is 2.95 bits per heavy atom. The highest BCUT2D eigenvalue weighted by atomic mass is 32.1. The van der Waals surface area contributed by atoms with Gasteiger partial charge in [0.1, 0.15) is 5.60 Å². The van der Waals surface area contributed by atoms with E-state index < -0.39 is 5.60 Å². The van der Waals surface area contributed by atoms with Crippen LogP contribution in [0.5, 0.6) is 0 Å². The highest BCUT2D eigenvalue weighted by molar-refractivity contribution is 7.10. The van der Waals surface area contributed by atoms with Crippen LogP contribution in [0.15, 0.2) is 11.4 Å². The van der Waals surface area contributed by atoms with E-state index in [1.165, 1.54) is 10.4 Å². The van der Waals surface area contributed by atoms with Crippen LogP contribution in [0.4, 0.5) is 4.79 Å². The third-order valence-electron chi connectivity index (χ3n) is 4.62. The first-order valence-electron chi connectivity index (χ1n) is 8.12. The van der Waals surface area contributed by atoms with Gasteiger partial charge in [-0.25, -0.2) is 4.79 Å². The number of hydrogen-bond acceptors (Lipinski definition) is 4. The summed E-state index contributed by atoms with van der Waals surface area (Å²) in [6.07, 6.45) is 2.85. The van der Waals surface area contributed by atoms with Crippen LogP contribution in [0.1, 0.15) is 51.0 Å². The molecule has 2 unspecified atom stereocenters. The molecule has 22 heavy (non-hydrogen) atoms. The number of nitrogens with one attached hydrogen (secondary N) is 1. The normalized spacial score (nSPS) is 28.5. The number of thiophene rings is 1. The maximum atomic E-state index is 12.4. The van der Waals surface area contributed by atoms with Gasteiger partial charge in [-0.2, -0.15) is 0 Å². The van der Waals surface area contributed by atoms with Gasteiger partial charge in [0.2, 0.25) is 0 Å². The third-order valence-corrected chi connectivity index (χ3v) is 5.78. The second-order valence-corrected chi connectivity index (χ2v) is 8.43. The average molecular weight is 322 g/mol. The van der Waals surface area contributed by atoms with Crippen LogP contribution in [0, 0.1) is 0 Å². The molecule has 2 atom stereocenters. The van der Waals surface area contributed by atoms with Gasteiger partial charge in [0, 0.05) is 24.0 Å². The van der Waals surface area contributed by atoms with Gasteiger partial charge in [0.15, 0.2) is 0 Å². The molecule has 1 fully saturated rings. The van der Waals surface area contributed by atoms with E-state index in [0.29, 0.717) is 0 Å². The second kappa shape index (κ2) is 5.53. The number of carbonyl (C=O) groups excluding carboxylic acids is 1. The lowest BCUT2D eigenvalue weighted by atomic mass is 9.78. The first-order chi connectivity index (χ1) is 10.3. The Bertz CT molecular complexity index is 563. The molecule has 1 spiro atoms. The summed E-state index contributed by atoms with van der Waals surface area (Å²) in [7, 11) is 0. The molecule has 0 radical (unpaired) electrons. The summed E-state index contributed by atoms with van der Waals surface area (Å²) < 4.78 is 5.55. The molecular formula is C17H26N2O2S. The Morgan fingerprint density at radius 2 is 2.27 bits per heavy atom. The maximum Gasteiger partial charge on any atom is 0.410 e. The molecular weight excluding hydrogens is 296 g/mol. The number of likely N-dealkylation sites (tertiary alicyclic amines) is 1.